The van der Waals surface area contributed by atoms with E-state index in [0.717, 1.165) is 5.56 Å². The van der Waals surface area contributed by atoms with E-state index >= 15 is 0 Å². The predicted molar refractivity (Wildman–Crippen MR) is 44.6 cm³/mol. The molecule has 0 aliphatic rings. The van der Waals surface area contributed by atoms with E-state index in [1.165, 1.54) is 11.3 Å². The van der Waals surface area contributed by atoms with Crippen LogP contribution >= 0.6 is 11.3 Å². The highest BCUT2D eigenvalue weighted by atomic mass is 32.1. The lowest BCUT2D eigenvalue weighted by Gasteiger charge is -2.07. The van der Waals surface area contributed by atoms with E-state index < -0.39 is 0 Å². The molecule has 1 rings (SSSR count). The lowest BCUT2D eigenvalue weighted by atomic mass is 10.1. The Bertz CT molecular complexity index is 224. The molecule has 0 unspecified atom stereocenters. The summed E-state index contributed by atoms with van der Waals surface area (Å²) in [6.07, 6.45) is 0.490. The minimum atomic E-state index is -0.244. The van der Waals surface area contributed by atoms with Crippen molar-refractivity contribution in [3.8, 4) is 5.75 Å². The normalized spacial score (nSPS) is 13.3. The number of aliphatic hydroxyl groups is 1. The van der Waals surface area contributed by atoms with Crippen molar-refractivity contribution in [2.75, 3.05) is 6.61 Å². The van der Waals surface area contributed by atoms with E-state index in [4.69, 9.17) is 10.8 Å². The molecule has 4 N–H and O–H groups in total. The number of aliphatic hydroxyl groups excluding tert-OH is 1. The minimum absolute atomic E-state index is 0.0520. The Kier molecular flexibility index (Phi) is 2.87. The summed E-state index contributed by atoms with van der Waals surface area (Å²) in [5.41, 5.74) is 6.36. The van der Waals surface area contributed by atoms with E-state index in [2.05, 4.69) is 0 Å². The number of rotatable bonds is 3. The van der Waals surface area contributed by atoms with Gasteiger partial charge in [-0.2, -0.15) is 0 Å². The van der Waals surface area contributed by atoms with Crippen molar-refractivity contribution in [1.82, 2.24) is 0 Å². The van der Waals surface area contributed by atoms with E-state index in [9.17, 15) is 5.11 Å². The first-order chi connectivity index (χ1) is 5.25. The lowest BCUT2D eigenvalue weighted by Crippen LogP contribution is -2.10. The first kappa shape index (κ1) is 8.52. The molecule has 1 aromatic rings. The molecular weight excluding hydrogens is 162 g/mol. The third-order valence-corrected chi connectivity index (χ3v) is 2.26. The van der Waals surface area contributed by atoms with E-state index in [1.54, 1.807) is 10.8 Å². The van der Waals surface area contributed by atoms with Gasteiger partial charge in [0.1, 0.15) is 5.75 Å². The summed E-state index contributed by atoms with van der Waals surface area (Å²) in [5, 5.41) is 21.2. The first-order valence-electron chi connectivity index (χ1n) is 3.37. The lowest BCUT2D eigenvalue weighted by molar-refractivity contribution is 0.275. The Morgan fingerprint density at radius 3 is 2.73 bits per heavy atom. The van der Waals surface area contributed by atoms with Crippen LogP contribution in [0.25, 0.3) is 0 Å². The summed E-state index contributed by atoms with van der Waals surface area (Å²) >= 11 is 1.41. The van der Waals surface area contributed by atoms with Gasteiger partial charge in [-0.1, -0.05) is 0 Å². The maximum absolute atomic E-state index is 9.20. The average Bonchev–Trinajstić information content (AvgIpc) is 2.36. The van der Waals surface area contributed by atoms with Gasteiger partial charge in [-0.05, 0) is 11.8 Å². The van der Waals surface area contributed by atoms with Gasteiger partial charge < -0.3 is 15.9 Å². The zero-order chi connectivity index (χ0) is 8.27. The molecule has 4 heteroatoms. The number of nitrogens with two attached hydrogens (primary N) is 1. The van der Waals surface area contributed by atoms with Gasteiger partial charge in [0.15, 0.2) is 0 Å². The minimum Gasteiger partial charge on any atom is -0.507 e. The quantitative estimate of drug-likeness (QED) is 0.634. The summed E-state index contributed by atoms with van der Waals surface area (Å²) in [4.78, 5) is 0. The molecule has 0 saturated heterocycles. The van der Waals surface area contributed by atoms with Crippen LogP contribution in [0.15, 0.2) is 10.8 Å². The summed E-state index contributed by atoms with van der Waals surface area (Å²) in [6.45, 7) is 0.0520. The molecule has 0 aromatic carbocycles. The second-order valence-corrected chi connectivity index (χ2v) is 3.07. The monoisotopic (exact) mass is 173 g/mol. The van der Waals surface area contributed by atoms with Crippen LogP contribution in [0.5, 0.6) is 5.75 Å². The second kappa shape index (κ2) is 3.71. The fourth-order valence-corrected chi connectivity index (χ4v) is 1.65. The molecule has 3 nitrogen and oxygen atoms in total. The van der Waals surface area contributed by atoms with Gasteiger partial charge in [0, 0.05) is 23.6 Å². The van der Waals surface area contributed by atoms with E-state index in [1.807, 2.05) is 0 Å². The van der Waals surface area contributed by atoms with Crippen LogP contribution < -0.4 is 5.73 Å². The standard InChI is InChI=1S/C7H11NO2S/c8-6(1-2-9)5-3-11-4-7(5)10/h3-4,6,9-10H,1-2,8H2/t6-/m0/s1. The number of hydrogen-bond donors (Lipinski definition) is 3. The Labute approximate surface area is 69.1 Å². The number of aromatic hydroxyl groups is 1. The van der Waals surface area contributed by atoms with Crippen LogP contribution in [0.1, 0.15) is 18.0 Å². The first-order valence-corrected chi connectivity index (χ1v) is 4.31. The maximum atomic E-state index is 9.20. The molecule has 1 heterocycles. The largest absolute Gasteiger partial charge is 0.507 e. The molecule has 0 bridgehead atoms. The zero-order valence-electron chi connectivity index (χ0n) is 6.03. The van der Waals surface area contributed by atoms with Gasteiger partial charge in [-0.25, -0.2) is 0 Å². The van der Waals surface area contributed by atoms with Gasteiger partial charge in [-0.3, -0.25) is 0 Å². The van der Waals surface area contributed by atoms with Crippen molar-refractivity contribution in [3.05, 3.63) is 16.3 Å². The molecule has 0 amide bonds. The highest BCUT2D eigenvalue weighted by Gasteiger charge is 2.10. The van der Waals surface area contributed by atoms with Gasteiger partial charge in [-0.15, -0.1) is 11.3 Å². The summed E-state index contributed by atoms with van der Waals surface area (Å²) in [7, 11) is 0. The SMILES string of the molecule is N[C@@H](CCO)c1cscc1O. The maximum Gasteiger partial charge on any atom is 0.131 e. The van der Waals surface area contributed by atoms with Gasteiger partial charge >= 0.3 is 0 Å². The number of hydrogen-bond acceptors (Lipinski definition) is 4. The fraction of sp³-hybridized carbons (Fsp3) is 0.429. The van der Waals surface area contributed by atoms with Crippen molar-refractivity contribution in [3.63, 3.8) is 0 Å². The van der Waals surface area contributed by atoms with Crippen molar-refractivity contribution in [2.24, 2.45) is 5.73 Å². The fourth-order valence-electron chi connectivity index (χ4n) is 0.872. The molecule has 1 aromatic heterocycles. The van der Waals surface area contributed by atoms with Gasteiger partial charge in [0.2, 0.25) is 0 Å². The second-order valence-electron chi connectivity index (χ2n) is 2.33. The molecule has 0 fully saturated rings. The Balaban J connectivity index is 2.67. The van der Waals surface area contributed by atoms with Crippen LogP contribution in [0.3, 0.4) is 0 Å². The molecule has 0 aliphatic heterocycles. The highest BCUT2D eigenvalue weighted by Crippen LogP contribution is 2.27. The molecule has 0 radical (unpaired) electrons. The van der Waals surface area contributed by atoms with Crippen LogP contribution in [0.2, 0.25) is 0 Å². The van der Waals surface area contributed by atoms with Crippen molar-refractivity contribution in [1.29, 1.82) is 0 Å². The Morgan fingerprint density at radius 2 is 2.27 bits per heavy atom. The van der Waals surface area contributed by atoms with E-state index in [0.29, 0.717) is 6.42 Å². The molecule has 11 heavy (non-hydrogen) atoms. The molecular formula is C7H11NO2S. The Morgan fingerprint density at radius 1 is 1.55 bits per heavy atom. The van der Waals surface area contributed by atoms with Crippen molar-refractivity contribution >= 4 is 11.3 Å². The molecule has 1 atom stereocenters. The third kappa shape index (κ3) is 1.92. The smallest absolute Gasteiger partial charge is 0.131 e. The van der Waals surface area contributed by atoms with Gasteiger partial charge in [0.05, 0.1) is 0 Å². The van der Waals surface area contributed by atoms with E-state index in [-0.39, 0.29) is 18.4 Å². The number of thiophene rings is 1. The van der Waals surface area contributed by atoms with Crippen LogP contribution in [0.4, 0.5) is 0 Å². The summed E-state index contributed by atoms with van der Waals surface area (Å²) in [6, 6.07) is -0.244. The van der Waals surface area contributed by atoms with Crippen LogP contribution in [-0.2, 0) is 0 Å². The third-order valence-electron chi connectivity index (χ3n) is 1.51. The predicted octanol–water partition coefficient (Wildman–Crippen LogP) is 0.836. The zero-order valence-corrected chi connectivity index (χ0v) is 6.84. The molecule has 0 aliphatic carbocycles. The summed E-state index contributed by atoms with van der Waals surface area (Å²) < 4.78 is 0. The van der Waals surface area contributed by atoms with Crippen molar-refractivity contribution < 1.29 is 10.2 Å². The highest BCUT2D eigenvalue weighted by molar-refractivity contribution is 7.08. The van der Waals surface area contributed by atoms with Crippen LogP contribution in [0, 0.1) is 0 Å². The van der Waals surface area contributed by atoms with Crippen molar-refractivity contribution in [2.45, 2.75) is 12.5 Å². The molecule has 62 valence electrons. The Hall–Kier alpha value is -0.580. The summed E-state index contributed by atoms with van der Waals surface area (Å²) in [5.74, 6) is 0.232. The molecule has 0 saturated carbocycles. The topological polar surface area (TPSA) is 66.5 Å². The average molecular weight is 173 g/mol. The molecule has 0 spiro atoms. The van der Waals surface area contributed by atoms with Gasteiger partial charge in [0.25, 0.3) is 0 Å². The van der Waals surface area contributed by atoms with Crippen LogP contribution in [-0.4, -0.2) is 16.8 Å².